The van der Waals surface area contributed by atoms with E-state index >= 15 is 0 Å². The first-order chi connectivity index (χ1) is 14.0. The largest absolute Gasteiger partial charge is 0.497 e. The van der Waals surface area contributed by atoms with Crippen molar-refractivity contribution in [2.45, 2.75) is 0 Å². The van der Waals surface area contributed by atoms with E-state index in [1.54, 1.807) is 43.5 Å². The second kappa shape index (κ2) is 8.84. The lowest BCUT2D eigenvalue weighted by molar-refractivity contribution is -0.129. The van der Waals surface area contributed by atoms with Crippen molar-refractivity contribution in [1.29, 1.82) is 0 Å². The molecule has 0 saturated heterocycles. The van der Waals surface area contributed by atoms with Crippen molar-refractivity contribution in [3.8, 4) is 39.5 Å². The number of esters is 1. The summed E-state index contributed by atoms with van der Waals surface area (Å²) in [6.07, 6.45) is 1.03. The molecule has 0 N–H and O–H groups in total. The summed E-state index contributed by atoms with van der Waals surface area (Å²) < 4.78 is 30.2. The first-order valence-corrected chi connectivity index (χ1v) is 8.58. The molecule has 3 rings (SSSR count). The summed E-state index contributed by atoms with van der Waals surface area (Å²) in [4.78, 5) is 22.2. The molecule has 0 saturated carbocycles. The van der Waals surface area contributed by atoms with Crippen LogP contribution >= 0.6 is 0 Å². The molecule has 0 aliphatic carbocycles. The second-order valence-corrected chi connectivity index (χ2v) is 5.92. The van der Waals surface area contributed by atoms with Crippen LogP contribution in [0, 0.1) is 5.82 Å². The minimum atomic E-state index is -0.660. The molecule has 0 bridgehead atoms. The fraction of sp³-hybridized carbons (Fsp3) is 0.0435. The third-order valence-electron chi connectivity index (χ3n) is 4.20. The fourth-order valence-corrected chi connectivity index (χ4v) is 2.77. The van der Waals surface area contributed by atoms with Crippen LogP contribution in [-0.4, -0.2) is 19.6 Å². The van der Waals surface area contributed by atoms with Crippen molar-refractivity contribution in [1.82, 2.24) is 0 Å². The average Bonchev–Trinajstić information content (AvgIpc) is 2.75. The van der Waals surface area contributed by atoms with Gasteiger partial charge in [0.2, 0.25) is 0 Å². The van der Waals surface area contributed by atoms with Gasteiger partial charge in [0, 0.05) is 17.2 Å². The summed E-state index contributed by atoms with van der Waals surface area (Å²) in [6.45, 7) is 3.71. The Morgan fingerprint density at radius 1 is 0.931 bits per heavy atom. The highest BCUT2D eigenvalue weighted by Gasteiger charge is 2.16. The Hall–Kier alpha value is -3.93. The topological polar surface area (TPSA) is 61.8 Å². The van der Waals surface area contributed by atoms with Crippen molar-refractivity contribution in [2.24, 2.45) is 0 Å². The molecule has 0 heterocycles. The third-order valence-corrected chi connectivity index (χ3v) is 4.20. The normalized spacial score (nSPS) is 10.1. The summed E-state index contributed by atoms with van der Waals surface area (Å²) in [5.41, 5.74) is 1.81. The zero-order chi connectivity index (χ0) is 20.8. The molecule has 29 heavy (non-hydrogen) atoms. The molecule has 6 heteroatoms. The van der Waals surface area contributed by atoms with E-state index in [1.165, 1.54) is 24.3 Å². The van der Waals surface area contributed by atoms with Crippen LogP contribution in [0.3, 0.4) is 0 Å². The Morgan fingerprint density at radius 3 is 2.07 bits per heavy atom. The van der Waals surface area contributed by atoms with Crippen LogP contribution in [0.4, 0.5) is 4.39 Å². The van der Waals surface area contributed by atoms with Crippen LogP contribution in [0.5, 0.6) is 17.2 Å². The molecule has 0 aromatic heterocycles. The maximum Gasteiger partial charge on any atom is 0.335 e. The molecule has 3 aromatic rings. The highest BCUT2D eigenvalue weighted by Crippen LogP contribution is 2.37. The maximum absolute atomic E-state index is 14.9. The molecule has 0 aliphatic rings. The second-order valence-electron chi connectivity index (χ2n) is 5.92. The van der Waals surface area contributed by atoms with E-state index in [4.69, 9.17) is 14.2 Å². The van der Waals surface area contributed by atoms with Crippen molar-refractivity contribution in [3.05, 3.63) is 79.1 Å². The standard InChI is InChI=1S/C23H17FO5/c1-3-23(26)29-22-13-19(15-6-10-18(11-7-15)28-14-25)21(24)12-20(22)16-4-8-17(27-2)9-5-16/h3-14H,1H2,2H3. The van der Waals surface area contributed by atoms with Crippen molar-refractivity contribution >= 4 is 12.4 Å². The van der Waals surface area contributed by atoms with Gasteiger partial charge >= 0.3 is 5.97 Å². The Bertz CT molecular complexity index is 1040. The highest BCUT2D eigenvalue weighted by atomic mass is 19.1. The smallest absolute Gasteiger partial charge is 0.335 e. The number of rotatable bonds is 7. The minimum absolute atomic E-state index is 0.185. The number of carbonyl (C=O) groups excluding carboxylic acids is 2. The van der Waals surface area contributed by atoms with Gasteiger partial charge in [0.15, 0.2) is 0 Å². The SMILES string of the molecule is C=CC(=O)Oc1cc(-c2ccc(OC=O)cc2)c(F)cc1-c1ccc(OC)cc1. The van der Waals surface area contributed by atoms with Gasteiger partial charge in [-0.1, -0.05) is 30.8 Å². The number of hydrogen-bond acceptors (Lipinski definition) is 5. The molecular formula is C23H17FO5. The number of benzene rings is 3. The fourth-order valence-electron chi connectivity index (χ4n) is 2.77. The van der Waals surface area contributed by atoms with E-state index in [-0.39, 0.29) is 11.3 Å². The zero-order valence-electron chi connectivity index (χ0n) is 15.6. The van der Waals surface area contributed by atoms with Gasteiger partial charge < -0.3 is 14.2 Å². The highest BCUT2D eigenvalue weighted by molar-refractivity contribution is 5.87. The predicted molar refractivity (Wildman–Crippen MR) is 106 cm³/mol. The van der Waals surface area contributed by atoms with Gasteiger partial charge in [-0.2, -0.15) is 0 Å². The lowest BCUT2D eigenvalue weighted by atomic mass is 9.98. The predicted octanol–water partition coefficient (Wildman–Crippen LogP) is 4.79. The summed E-state index contributed by atoms with van der Waals surface area (Å²) in [5.74, 6) is 0.000410. The van der Waals surface area contributed by atoms with Gasteiger partial charge in [-0.05, 0) is 47.5 Å². The van der Waals surface area contributed by atoms with Gasteiger partial charge in [-0.15, -0.1) is 0 Å². The maximum atomic E-state index is 14.9. The molecule has 3 aromatic carbocycles. The molecule has 5 nitrogen and oxygen atoms in total. The number of carbonyl (C=O) groups is 2. The zero-order valence-corrected chi connectivity index (χ0v) is 15.6. The molecule has 0 radical (unpaired) electrons. The number of hydrogen-bond donors (Lipinski definition) is 0. The van der Waals surface area contributed by atoms with Crippen molar-refractivity contribution in [2.75, 3.05) is 7.11 Å². The van der Waals surface area contributed by atoms with Crippen LogP contribution in [0.1, 0.15) is 0 Å². The van der Waals surface area contributed by atoms with Crippen molar-refractivity contribution in [3.63, 3.8) is 0 Å². The Balaban J connectivity index is 2.09. The van der Waals surface area contributed by atoms with Crippen LogP contribution < -0.4 is 14.2 Å². The van der Waals surface area contributed by atoms with E-state index in [1.807, 2.05) is 0 Å². The molecule has 0 amide bonds. The van der Waals surface area contributed by atoms with Gasteiger partial charge in [0.05, 0.1) is 7.11 Å². The molecule has 0 unspecified atom stereocenters. The van der Waals surface area contributed by atoms with Crippen LogP contribution in [0.25, 0.3) is 22.3 Å². The summed E-state index contributed by atoms with van der Waals surface area (Å²) in [5, 5.41) is 0. The average molecular weight is 392 g/mol. The number of halogens is 1. The Kier molecular flexibility index (Phi) is 6.04. The molecule has 0 fully saturated rings. The van der Waals surface area contributed by atoms with E-state index < -0.39 is 11.8 Å². The van der Waals surface area contributed by atoms with Gasteiger partial charge in [0.1, 0.15) is 23.1 Å². The molecule has 0 atom stereocenters. The quantitative estimate of drug-likeness (QED) is 0.250. The Labute approximate surface area is 167 Å². The van der Waals surface area contributed by atoms with E-state index in [9.17, 15) is 14.0 Å². The number of ether oxygens (including phenoxy) is 3. The van der Waals surface area contributed by atoms with Gasteiger partial charge in [-0.25, -0.2) is 9.18 Å². The van der Waals surface area contributed by atoms with Crippen LogP contribution in [-0.2, 0) is 9.59 Å². The van der Waals surface area contributed by atoms with Gasteiger partial charge in [0.25, 0.3) is 6.47 Å². The molecule has 0 spiro atoms. The lowest BCUT2D eigenvalue weighted by Gasteiger charge is -2.14. The Morgan fingerprint density at radius 2 is 1.52 bits per heavy atom. The summed E-state index contributed by atoms with van der Waals surface area (Å²) in [6, 6.07) is 16.0. The summed E-state index contributed by atoms with van der Waals surface area (Å²) >= 11 is 0. The van der Waals surface area contributed by atoms with E-state index in [0.29, 0.717) is 34.7 Å². The lowest BCUT2D eigenvalue weighted by Crippen LogP contribution is -2.05. The minimum Gasteiger partial charge on any atom is -0.497 e. The summed E-state index contributed by atoms with van der Waals surface area (Å²) in [7, 11) is 1.55. The van der Waals surface area contributed by atoms with E-state index in [2.05, 4.69) is 6.58 Å². The molecule has 0 aliphatic heterocycles. The van der Waals surface area contributed by atoms with Crippen LogP contribution in [0.15, 0.2) is 73.3 Å². The third kappa shape index (κ3) is 4.50. The monoisotopic (exact) mass is 392 g/mol. The molecule has 146 valence electrons. The van der Waals surface area contributed by atoms with E-state index in [0.717, 1.165) is 6.08 Å². The number of methoxy groups -OCH3 is 1. The molecular weight excluding hydrogens is 375 g/mol. The van der Waals surface area contributed by atoms with Crippen molar-refractivity contribution < 1.29 is 28.2 Å². The first kappa shape index (κ1) is 19.8. The van der Waals surface area contributed by atoms with Gasteiger partial charge in [-0.3, -0.25) is 4.79 Å². The first-order valence-electron chi connectivity index (χ1n) is 8.58. The van der Waals surface area contributed by atoms with Crippen LogP contribution in [0.2, 0.25) is 0 Å².